The molecule has 186 valence electrons. The summed E-state index contributed by atoms with van der Waals surface area (Å²) >= 11 is 0. The summed E-state index contributed by atoms with van der Waals surface area (Å²) in [6.45, 7) is 18.3. The molecule has 9 atom stereocenters. The molecule has 0 spiro atoms. The van der Waals surface area contributed by atoms with Crippen molar-refractivity contribution < 1.29 is 9.47 Å². The second-order valence-corrected chi connectivity index (χ2v) is 15.2. The topological polar surface area (TPSA) is 18.5 Å². The Hall–Kier alpha value is -0.340. The van der Waals surface area contributed by atoms with E-state index < -0.39 is 5.79 Å². The first-order valence-electron chi connectivity index (χ1n) is 14.4. The van der Waals surface area contributed by atoms with Crippen molar-refractivity contribution >= 4 is 0 Å². The largest absolute Gasteiger partial charge is 0.350 e. The van der Waals surface area contributed by atoms with Gasteiger partial charge >= 0.3 is 0 Å². The molecule has 2 nitrogen and oxygen atoms in total. The van der Waals surface area contributed by atoms with E-state index >= 15 is 0 Å². The Bertz CT molecular complexity index is 840. The summed E-state index contributed by atoms with van der Waals surface area (Å²) in [7, 11) is 0. The van der Waals surface area contributed by atoms with Gasteiger partial charge in [0.15, 0.2) is 5.79 Å². The van der Waals surface area contributed by atoms with Gasteiger partial charge in [0.1, 0.15) is 0 Å². The highest BCUT2D eigenvalue weighted by Gasteiger charge is 2.66. The Labute approximate surface area is 203 Å². The van der Waals surface area contributed by atoms with Crippen LogP contribution >= 0.6 is 0 Å². The van der Waals surface area contributed by atoms with Crippen LogP contribution in [0.5, 0.6) is 0 Å². The monoisotopic (exact) mass is 454 g/mol. The molecule has 0 aromatic rings. The van der Waals surface area contributed by atoms with Gasteiger partial charge in [-0.05, 0) is 123 Å². The van der Waals surface area contributed by atoms with Crippen LogP contribution in [-0.2, 0) is 9.47 Å². The number of hydrogen-bond acceptors (Lipinski definition) is 2. The minimum Gasteiger partial charge on any atom is -0.350 e. The maximum absolute atomic E-state index is 6.48. The Morgan fingerprint density at radius 2 is 1.61 bits per heavy atom. The highest BCUT2D eigenvalue weighted by molar-refractivity contribution is 5.32. The standard InChI is InChI=1S/C31H50O2/c1-27(2)14-10-20-11-16-30(6)24(21(20)18-27)8-9-26-29(5)15-13-25-22(19-32-28(3,4)33-25)23(29)12-17-31(26,30)7/h8,20-23,25-26H,9-19H2,1-7H3/t20?,21?,22?,23?,25?,26?,29?,30-,31?/m1/s1. The van der Waals surface area contributed by atoms with Crippen LogP contribution in [0.1, 0.15) is 113 Å². The van der Waals surface area contributed by atoms with E-state index in [9.17, 15) is 0 Å². The SMILES string of the molecule is CC1(C)CCC2CC[C@]3(C)C(=CCC4C5(C)CCC6OC(C)(C)OCC6C5CCC43C)C2C1. The molecule has 0 aromatic carbocycles. The fourth-order valence-corrected chi connectivity index (χ4v) is 10.8. The lowest BCUT2D eigenvalue weighted by Gasteiger charge is -2.70. The first-order valence-corrected chi connectivity index (χ1v) is 14.4. The molecule has 2 heteroatoms. The second kappa shape index (κ2) is 7.12. The molecule has 1 saturated heterocycles. The summed E-state index contributed by atoms with van der Waals surface area (Å²) in [4.78, 5) is 0. The van der Waals surface area contributed by atoms with Gasteiger partial charge in [0.25, 0.3) is 0 Å². The van der Waals surface area contributed by atoms with Gasteiger partial charge in [-0.15, -0.1) is 0 Å². The molecule has 6 aliphatic rings. The molecule has 0 radical (unpaired) electrons. The van der Waals surface area contributed by atoms with Crippen molar-refractivity contribution in [3.8, 4) is 0 Å². The van der Waals surface area contributed by atoms with E-state index in [0.29, 0.717) is 33.7 Å². The molecule has 1 heterocycles. The summed E-state index contributed by atoms with van der Waals surface area (Å²) in [5, 5.41) is 0. The van der Waals surface area contributed by atoms with E-state index in [1.165, 1.54) is 64.2 Å². The lowest BCUT2D eigenvalue weighted by molar-refractivity contribution is -0.322. The molecule has 6 rings (SSSR count). The number of rotatable bonds is 0. The van der Waals surface area contributed by atoms with Crippen molar-refractivity contribution in [3.63, 3.8) is 0 Å². The molecule has 1 aliphatic heterocycles. The molecule has 33 heavy (non-hydrogen) atoms. The number of hydrogen-bond donors (Lipinski definition) is 0. The fourth-order valence-electron chi connectivity index (χ4n) is 10.8. The van der Waals surface area contributed by atoms with Gasteiger partial charge in [-0.1, -0.05) is 46.3 Å². The lowest BCUT2D eigenvalue weighted by Crippen LogP contribution is -2.64. The van der Waals surface area contributed by atoms with Crippen molar-refractivity contribution in [1.82, 2.24) is 0 Å². The van der Waals surface area contributed by atoms with Gasteiger partial charge in [0.05, 0.1) is 12.7 Å². The number of allylic oxidation sites excluding steroid dienone is 2. The molecule has 5 aliphatic carbocycles. The molecule has 0 bridgehead atoms. The Balaban J connectivity index is 1.34. The number of ether oxygens (including phenoxy) is 2. The van der Waals surface area contributed by atoms with Crippen LogP contribution in [0.2, 0.25) is 0 Å². The zero-order valence-corrected chi connectivity index (χ0v) is 22.6. The summed E-state index contributed by atoms with van der Waals surface area (Å²) < 4.78 is 12.7. The van der Waals surface area contributed by atoms with Gasteiger partial charge in [-0.3, -0.25) is 0 Å². The molecule has 5 fully saturated rings. The van der Waals surface area contributed by atoms with Crippen molar-refractivity contribution in [3.05, 3.63) is 11.6 Å². The lowest BCUT2D eigenvalue weighted by atomic mass is 9.35. The van der Waals surface area contributed by atoms with E-state index in [1.807, 2.05) is 5.57 Å². The van der Waals surface area contributed by atoms with Crippen LogP contribution in [0, 0.1) is 51.2 Å². The first kappa shape index (κ1) is 23.1. The van der Waals surface area contributed by atoms with Crippen LogP contribution < -0.4 is 0 Å². The predicted octanol–water partition coefficient (Wildman–Crippen LogP) is 8.16. The van der Waals surface area contributed by atoms with E-state index in [0.717, 1.165) is 30.3 Å². The maximum Gasteiger partial charge on any atom is 0.163 e. The van der Waals surface area contributed by atoms with Crippen LogP contribution in [0.25, 0.3) is 0 Å². The molecule has 0 amide bonds. The molecule has 8 unspecified atom stereocenters. The van der Waals surface area contributed by atoms with Crippen LogP contribution in [-0.4, -0.2) is 18.5 Å². The average molecular weight is 455 g/mol. The van der Waals surface area contributed by atoms with E-state index in [2.05, 4.69) is 54.5 Å². The summed E-state index contributed by atoms with van der Waals surface area (Å²) in [5.74, 6) is 3.57. The highest BCUT2D eigenvalue weighted by Crippen LogP contribution is 2.73. The smallest absolute Gasteiger partial charge is 0.163 e. The van der Waals surface area contributed by atoms with Crippen molar-refractivity contribution in [2.24, 2.45) is 51.2 Å². The summed E-state index contributed by atoms with van der Waals surface area (Å²) in [6.07, 6.45) is 17.1. The van der Waals surface area contributed by atoms with Gasteiger partial charge < -0.3 is 9.47 Å². The Morgan fingerprint density at radius 1 is 0.848 bits per heavy atom. The van der Waals surface area contributed by atoms with E-state index in [1.54, 1.807) is 0 Å². The predicted molar refractivity (Wildman–Crippen MR) is 135 cm³/mol. The summed E-state index contributed by atoms with van der Waals surface area (Å²) in [6, 6.07) is 0. The third-order valence-corrected chi connectivity index (χ3v) is 12.8. The third kappa shape index (κ3) is 3.18. The molecular formula is C31H50O2. The zero-order chi connectivity index (χ0) is 23.4. The van der Waals surface area contributed by atoms with E-state index in [4.69, 9.17) is 9.47 Å². The van der Waals surface area contributed by atoms with Crippen LogP contribution in [0.15, 0.2) is 11.6 Å². The third-order valence-electron chi connectivity index (χ3n) is 12.8. The Morgan fingerprint density at radius 3 is 2.39 bits per heavy atom. The van der Waals surface area contributed by atoms with Gasteiger partial charge in [0, 0.05) is 5.92 Å². The van der Waals surface area contributed by atoms with Crippen LogP contribution in [0.3, 0.4) is 0 Å². The van der Waals surface area contributed by atoms with Crippen LogP contribution in [0.4, 0.5) is 0 Å². The Kier molecular flexibility index (Phi) is 4.98. The average Bonchev–Trinajstić information content (AvgIpc) is 2.72. The van der Waals surface area contributed by atoms with Gasteiger partial charge in [0.2, 0.25) is 0 Å². The molecule has 0 aromatic heterocycles. The van der Waals surface area contributed by atoms with E-state index in [-0.39, 0.29) is 0 Å². The fraction of sp³-hybridized carbons (Fsp3) is 0.935. The minimum absolute atomic E-state index is 0.400. The highest BCUT2D eigenvalue weighted by atomic mass is 16.7. The number of fused-ring (bicyclic) bond motifs is 9. The normalized spacial score (nSPS) is 54.6. The van der Waals surface area contributed by atoms with Crippen molar-refractivity contribution in [2.45, 2.75) is 125 Å². The molecule has 0 N–H and O–H groups in total. The molecular weight excluding hydrogens is 404 g/mol. The van der Waals surface area contributed by atoms with Gasteiger partial charge in [-0.2, -0.15) is 0 Å². The quantitative estimate of drug-likeness (QED) is 0.344. The minimum atomic E-state index is -0.402. The first-order chi connectivity index (χ1) is 15.4. The van der Waals surface area contributed by atoms with Gasteiger partial charge in [-0.25, -0.2) is 0 Å². The summed E-state index contributed by atoms with van der Waals surface area (Å²) in [5.41, 5.74) is 3.70. The maximum atomic E-state index is 6.48. The van der Waals surface area contributed by atoms with Crippen molar-refractivity contribution in [2.75, 3.05) is 6.61 Å². The van der Waals surface area contributed by atoms with Crippen molar-refractivity contribution in [1.29, 1.82) is 0 Å². The molecule has 4 saturated carbocycles. The second-order valence-electron chi connectivity index (χ2n) is 15.2. The zero-order valence-electron chi connectivity index (χ0n) is 22.6.